The van der Waals surface area contributed by atoms with Crippen LogP contribution in [0.4, 0.5) is 0 Å². The number of nitrogens with zero attached hydrogens (tertiary/aromatic N) is 2. The van der Waals surface area contributed by atoms with E-state index in [1.54, 1.807) is 23.7 Å². The van der Waals surface area contributed by atoms with Gasteiger partial charge < -0.3 is 5.32 Å². The molecule has 0 saturated carbocycles. The molecule has 0 bridgehead atoms. The summed E-state index contributed by atoms with van der Waals surface area (Å²) in [5.74, 6) is 0. The molecule has 5 heteroatoms. The zero-order valence-electron chi connectivity index (χ0n) is 11.2. The van der Waals surface area contributed by atoms with Gasteiger partial charge in [0, 0.05) is 30.2 Å². The van der Waals surface area contributed by atoms with Gasteiger partial charge in [-0.25, -0.2) is 4.98 Å². The van der Waals surface area contributed by atoms with E-state index in [1.807, 2.05) is 13.0 Å². The second-order valence-electron chi connectivity index (χ2n) is 4.49. The van der Waals surface area contributed by atoms with Crippen molar-refractivity contribution in [3.63, 3.8) is 0 Å². The van der Waals surface area contributed by atoms with Gasteiger partial charge in [0.05, 0.1) is 15.7 Å². The van der Waals surface area contributed by atoms with Crippen LogP contribution in [0.5, 0.6) is 0 Å². The van der Waals surface area contributed by atoms with Crippen molar-refractivity contribution in [3.05, 3.63) is 45.1 Å². The Morgan fingerprint density at radius 2 is 2.26 bits per heavy atom. The summed E-state index contributed by atoms with van der Waals surface area (Å²) in [6.45, 7) is 5.10. The van der Waals surface area contributed by atoms with Crippen LogP contribution in [0.2, 0.25) is 5.02 Å². The third-order valence-electron chi connectivity index (χ3n) is 2.94. The molecule has 2 aromatic heterocycles. The fourth-order valence-corrected chi connectivity index (χ4v) is 2.92. The first-order chi connectivity index (χ1) is 9.19. The minimum absolute atomic E-state index is 0.353. The minimum Gasteiger partial charge on any atom is -0.314 e. The zero-order chi connectivity index (χ0) is 13.7. The summed E-state index contributed by atoms with van der Waals surface area (Å²) >= 11 is 7.87. The number of rotatable bonds is 6. The molecule has 3 nitrogen and oxygen atoms in total. The first-order valence-corrected chi connectivity index (χ1v) is 7.67. The topological polar surface area (TPSA) is 37.8 Å². The predicted molar refractivity (Wildman–Crippen MR) is 81.0 cm³/mol. The number of nitrogens with one attached hydrogen (secondary N) is 1. The Hall–Kier alpha value is -0.970. The molecule has 0 saturated heterocycles. The molecule has 1 atom stereocenters. The minimum atomic E-state index is 0.353. The van der Waals surface area contributed by atoms with Crippen LogP contribution in [0.3, 0.4) is 0 Å². The third-order valence-corrected chi connectivity index (χ3v) is 4.10. The average molecular weight is 296 g/mol. The van der Waals surface area contributed by atoms with Crippen LogP contribution >= 0.6 is 22.9 Å². The largest absolute Gasteiger partial charge is 0.314 e. The highest BCUT2D eigenvalue weighted by Gasteiger charge is 2.13. The first-order valence-electron chi connectivity index (χ1n) is 6.41. The maximum absolute atomic E-state index is 6.17. The SMILES string of the molecule is CCNC(Cc1csc(C)n1)Cc1ccncc1Cl. The Morgan fingerprint density at radius 1 is 1.42 bits per heavy atom. The second-order valence-corrected chi connectivity index (χ2v) is 5.96. The second kappa shape index (κ2) is 6.98. The van der Waals surface area contributed by atoms with Gasteiger partial charge in [-0.1, -0.05) is 18.5 Å². The Morgan fingerprint density at radius 3 is 2.89 bits per heavy atom. The molecule has 0 spiro atoms. The van der Waals surface area contributed by atoms with Crippen molar-refractivity contribution >= 4 is 22.9 Å². The standard InChI is InChI=1S/C14H18ClN3S/c1-3-17-12(7-13-9-19-10(2)18-13)6-11-4-5-16-8-14(11)15/h4-5,8-9,12,17H,3,6-7H2,1-2H3. The first kappa shape index (κ1) is 14.4. The number of hydrogen-bond donors (Lipinski definition) is 1. The summed E-state index contributed by atoms with van der Waals surface area (Å²) in [4.78, 5) is 8.55. The maximum atomic E-state index is 6.17. The zero-order valence-corrected chi connectivity index (χ0v) is 12.8. The van der Waals surface area contributed by atoms with Crippen molar-refractivity contribution in [2.24, 2.45) is 0 Å². The van der Waals surface area contributed by atoms with E-state index >= 15 is 0 Å². The number of aromatic nitrogens is 2. The molecule has 0 aliphatic rings. The Kier molecular flexibility index (Phi) is 5.31. The van der Waals surface area contributed by atoms with Crippen LogP contribution < -0.4 is 5.32 Å². The van der Waals surface area contributed by atoms with Crippen molar-refractivity contribution in [2.45, 2.75) is 32.7 Å². The molecule has 1 N–H and O–H groups in total. The molecule has 0 aliphatic carbocycles. The Balaban J connectivity index is 2.06. The quantitative estimate of drug-likeness (QED) is 0.889. The van der Waals surface area contributed by atoms with Crippen molar-refractivity contribution in [3.8, 4) is 0 Å². The predicted octanol–water partition coefficient (Wildman–Crippen LogP) is 3.26. The number of halogens is 1. The lowest BCUT2D eigenvalue weighted by atomic mass is 10.0. The Bertz CT molecular complexity index is 527. The van der Waals surface area contributed by atoms with Crippen LogP contribution in [0.25, 0.3) is 0 Å². The van der Waals surface area contributed by atoms with Gasteiger partial charge in [0.1, 0.15) is 0 Å². The van der Waals surface area contributed by atoms with Gasteiger partial charge >= 0.3 is 0 Å². The fraction of sp³-hybridized carbons (Fsp3) is 0.429. The molecule has 2 heterocycles. The molecule has 0 amide bonds. The lowest BCUT2D eigenvalue weighted by Crippen LogP contribution is -2.33. The molecule has 0 aliphatic heterocycles. The average Bonchev–Trinajstić information content (AvgIpc) is 2.78. The number of pyridine rings is 1. The number of thiazole rings is 1. The van der Waals surface area contributed by atoms with Gasteiger partial charge in [-0.2, -0.15) is 0 Å². The number of likely N-dealkylation sites (N-methyl/N-ethyl adjacent to an activating group) is 1. The summed E-state index contributed by atoms with van der Waals surface area (Å²) in [7, 11) is 0. The van der Waals surface area contributed by atoms with Gasteiger partial charge in [0.15, 0.2) is 0 Å². The normalized spacial score (nSPS) is 12.6. The fourth-order valence-electron chi connectivity index (χ4n) is 2.09. The molecule has 2 rings (SSSR count). The van der Waals surface area contributed by atoms with E-state index < -0.39 is 0 Å². The smallest absolute Gasteiger partial charge is 0.0897 e. The molecule has 0 fully saturated rings. The maximum Gasteiger partial charge on any atom is 0.0897 e. The van der Waals surface area contributed by atoms with E-state index in [0.717, 1.165) is 40.7 Å². The Labute approximate surface area is 123 Å². The molecule has 0 aromatic carbocycles. The molecule has 2 aromatic rings. The van der Waals surface area contributed by atoms with E-state index in [0.29, 0.717) is 6.04 Å². The van der Waals surface area contributed by atoms with Crippen molar-refractivity contribution in [2.75, 3.05) is 6.54 Å². The summed E-state index contributed by atoms with van der Waals surface area (Å²) in [6.07, 6.45) is 5.31. The van der Waals surface area contributed by atoms with Crippen molar-refractivity contribution < 1.29 is 0 Å². The molecule has 0 radical (unpaired) electrons. The van der Waals surface area contributed by atoms with E-state index in [-0.39, 0.29) is 0 Å². The van der Waals surface area contributed by atoms with Crippen molar-refractivity contribution in [1.29, 1.82) is 0 Å². The summed E-state index contributed by atoms with van der Waals surface area (Å²) < 4.78 is 0. The van der Waals surface area contributed by atoms with Crippen LogP contribution in [0.15, 0.2) is 23.8 Å². The number of aryl methyl sites for hydroxylation is 1. The number of hydrogen-bond acceptors (Lipinski definition) is 4. The van der Waals surface area contributed by atoms with Crippen molar-refractivity contribution in [1.82, 2.24) is 15.3 Å². The molecule has 102 valence electrons. The highest BCUT2D eigenvalue weighted by molar-refractivity contribution is 7.09. The van der Waals surface area contributed by atoms with E-state index in [4.69, 9.17) is 11.6 Å². The van der Waals surface area contributed by atoms with Crippen LogP contribution in [0, 0.1) is 6.92 Å². The van der Waals surface area contributed by atoms with Crippen LogP contribution in [-0.2, 0) is 12.8 Å². The summed E-state index contributed by atoms with van der Waals surface area (Å²) in [5.41, 5.74) is 2.29. The lowest BCUT2D eigenvalue weighted by molar-refractivity contribution is 0.517. The monoisotopic (exact) mass is 295 g/mol. The summed E-state index contributed by atoms with van der Waals surface area (Å²) in [6, 6.07) is 2.34. The van der Waals surface area contributed by atoms with Gasteiger partial charge in [-0.15, -0.1) is 11.3 Å². The lowest BCUT2D eigenvalue weighted by Gasteiger charge is -2.17. The van der Waals surface area contributed by atoms with Gasteiger partial charge in [-0.05, 0) is 31.5 Å². The van der Waals surface area contributed by atoms with E-state index in [1.165, 1.54) is 0 Å². The van der Waals surface area contributed by atoms with Gasteiger partial charge in [0.25, 0.3) is 0 Å². The van der Waals surface area contributed by atoms with Crippen LogP contribution in [-0.4, -0.2) is 22.6 Å². The van der Waals surface area contributed by atoms with E-state index in [2.05, 4.69) is 27.6 Å². The molecular formula is C14H18ClN3S. The van der Waals surface area contributed by atoms with E-state index in [9.17, 15) is 0 Å². The van der Waals surface area contributed by atoms with Gasteiger partial charge in [-0.3, -0.25) is 4.98 Å². The molecule has 19 heavy (non-hydrogen) atoms. The summed E-state index contributed by atoms with van der Waals surface area (Å²) in [5, 5.41) is 7.49. The van der Waals surface area contributed by atoms with Gasteiger partial charge in [0.2, 0.25) is 0 Å². The highest BCUT2D eigenvalue weighted by atomic mass is 35.5. The highest BCUT2D eigenvalue weighted by Crippen LogP contribution is 2.17. The van der Waals surface area contributed by atoms with Crippen LogP contribution in [0.1, 0.15) is 23.2 Å². The molecular weight excluding hydrogens is 278 g/mol. The third kappa shape index (κ3) is 4.27. The molecule has 1 unspecified atom stereocenters.